The van der Waals surface area contributed by atoms with E-state index in [1.165, 1.54) is 6.07 Å². The van der Waals surface area contributed by atoms with Crippen LogP contribution in [0.5, 0.6) is 5.75 Å². The van der Waals surface area contributed by atoms with Crippen molar-refractivity contribution in [2.24, 2.45) is 4.99 Å². The Labute approximate surface area is 169 Å². The first-order valence-electron chi connectivity index (χ1n) is 9.29. The van der Waals surface area contributed by atoms with Gasteiger partial charge in [-0.15, -0.1) is 0 Å². The maximum absolute atomic E-state index is 12.6. The normalized spacial score (nSPS) is 11.3. The van der Waals surface area contributed by atoms with Gasteiger partial charge in [-0.25, -0.2) is 0 Å². The first-order valence-corrected chi connectivity index (χ1v) is 9.29. The number of aryl methyl sites for hydroxylation is 1. The fraction of sp³-hybridized carbons (Fsp3) is 0.333. The molecule has 0 radical (unpaired) electrons. The minimum absolute atomic E-state index is 0.122. The molecule has 0 aromatic heterocycles. The van der Waals surface area contributed by atoms with E-state index in [2.05, 4.69) is 25.7 Å². The standard InChI is InChI=1S/C21H26F2N4O2/c1-4-25-19(28)16-7-5-6-15(11-16)12-26-21(24-3)27-13-17-10-14(2)8-9-18(17)29-20(22)23/h5-11,20H,4,12-13H2,1-3H3,(H,25,28)(H2,24,26,27). The molecule has 0 aliphatic carbocycles. The molecule has 1 amide bonds. The van der Waals surface area contributed by atoms with E-state index in [0.29, 0.717) is 30.2 Å². The minimum atomic E-state index is -2.88. The van der Waals surface area contributed by atoms with Crippen molar-refractivity contribution in [1.29, 1.82) is 0 Å². The van der Waals surface area contributed by atoms with Gasteiger partial charge in [0.05, 0.1) is 0 Å². The number of ether oxygens (including phenoxy) is 1. The number of rotatable bonds is 8. The summed E-state index contributed by atoms with van der Waals surface area (Å²) in [4.78, 5) is 16.1. The summed E-state index contributed by atoms with van der Waals surface area (Å²) in [5.41, 5.74) is 3.04. The number of hydrogen-bond donors (Lipinski definition) is 3. The van der Waals surface area contributed by atoms with E-state index in [4.69, 9.17) is 0 Å². The molecule has 0 heterocycles. The molecule has 0 aliphatic rings. The molecule has 0 fully saturated rings. The molecule has 0 saturated carbocycles. The molecule has 2 aromatic carbocycles. The number of hydrogen-bond acceptors (Lipinski definition) is 3. The summed E-state index contributed by atoms with van der Waals surface area (Å²) >= 11 is 0. The Morgan fingerprint density at radius 1 is 1.10 bits per heavy atom. The number of nitrogens with one attached hydrogen (secondary N) is 3. The lowest BCUT2D eigenvalue weighted by atomic mass is 10.1. The molecule has 0 aliphatic heterocycles. The van der Waals surface area contributed by atoms with E-state index in [-0.39, 0.29) is 18.2 Å². The Hall–Kier alpha value is -3.16. The van der Waals surface area contributed by atoms with Crippen molar-refractivity contribution in [3.8, 4) is 5.75 Å². The summed E-state index contributed by atoms with van der Waals surface area (Å²) in [6, 6.07) is 12.3. The summed E-state index contributed by atoms with van der Waals surface area (Å²) in [5.74, 6) is 0.504. The number of nitrogens with zero attached hydrogens (tertiary/aromatic N) is 1. The van der Waals surface area contributed by atoms with Crippen LogP contribution in [0.4, 0.5) is 8.78 Å². The van der Waals surface area contributed by atoms with Gasteiger partial charge in [-0.1, -0.05) is 29.8 Å². The van der Waals surface area contributed by atoms with Crippen molar-refractivity contribution in [3.05, 3.63) is 64.7 Å². The highest BCUT2D eigenvalue weighted by molar-refractivity contribution is 5.94. The van der Waals surface area contributed by atoms with Crippen LogP contribution in [-0.2, 0) is 13.1 Å². The summed E-state index contributed by atoms with van der Waals surface area (Å²) in [6.45, 7) is 2.14. The number of benzene rings is 2. The largest absolute Gasteiger partial charge is 0.434 e. The maximum Gasteiger partial charge on any atom is 0.387 e. The molecule has 3 N–H and O–H groups in total. The lowest BCUT2D eigenvalue weighted by Gasteiger charge is -2.15. The highest BCUT2D eigenvalue weighted by Gasteiger charge is 2.11. The molecule has 2 aromatic rings. The minimum Gasteiger partial charge on any atom is -0.434 e. The molecule has 156 valence electrons. The van der Waals surface area contributed by atoms with E-state index in [0.717, 1.165) is 11.1 Å². The molecule has 2 rings (SSSR count). The Balaban J connectivity index is 1.98. The Morgan fingerprint density at radius 2 is 1.86 bits per heavy atom. The predicted molar refractivity (Wildman–Crippen MR) is 109 cm³/mol. The lowest BCUT2D eigenvalue weighted by molar-refractivity contribution is -0.0504. The summed E-state index contributed by atoms with van der Waals surface area (Å²) in [7, 11) is 1.62. The Kier molecular flexibility index (Phi) is 8.39. The van der Waals surface area contributed by atoms with Gasteiger partial charge in [0.15, 0.2) is 5.96 Å². The maximum atomic E-state index is 12.6. The van der Waals surface area contributed by atoms with Crippen LogP contribution >= 0.6 is 0 Å². The van der Waals surface area contributed by atoms with Gasteiger partial charge in [-0.05, 0) is 37.6 Å². The van der Waals surface area contributed by atoms with Crippen molar-refractivity contribution in [2.75, 3.05) is 13.6 Å². The van der Waals surface area contributed by atoms with Crippen molar-refractivity contribution in [2.45, 2.75) is 33.5 Å². The van der Waals surface area contributed by atoms with Gasteiger partial charge in [-0.3, -0.25) is 9.79 Å². The average molecular weight is 404 g/mol. The van der Waals surface area contributed by atoms with Gasteiger partial charge >= 0.3 is 6.61 Å². The van der Waals surface area contributed by atoms with E-state index < -0.39 is 6.61 Å². The van der Waals surface area contributed by atoms with E-state index >= 15 is 0 Å². The van der Waals surface area contributed by atoms with Crippen LogP contribution in [0.2, 0.25) is 0 Å². The zero-order valence-electron chi connectivity index (χ0n) is 16.8. The molecule has 6 nitrogen and oxygen atoms in total. The number of carbonyl (C=O) groups is 1. The van der Waals surface area contributed by atoms with Gasteiger partial charge in [0.2, 0.25) is 0 Å². The molecule has 8 heteroatoms. The third-order valence-corrected chi connectivity index (χ3v) is 4.09. The van der Waals surface area contributed by atoms with Crippen molar-refractivity contribution >= 4 is 11.9 Å². The molecule has 29 heavy (non-hydrogen) atoms. The third kappa shape index (κ3) is 7.06. The topological polar surface area (TPSA) is 74.8 Å². The van der Waals surface area contributed by atoms with Gasteiger partial charge in [-0.2, -0.15) is 8.78 Å². The lowest BCUT2D eigenvalue weighted by Crippen LogP contribution is -2.36. The van der Waals surface area contributed by atoms with Gasteiger partial charge < -0.3 is 20.7 Å². The molecule has 0 saturated heterocycles. The van der Waals surface area contributed by atoms with Crippen LogP contribution in [0, 0.1) is 6.92 Å². The van der Waals surface area contributed by atoms with Crippen molar-refractivity contribution in [3.63, 3.8) is 0 Å². The third-order valence-electron chi connectivity index (χ3n) is 4.09. The van der Waals surface area contributed by atoms with Crippen LogP contribution in [0.25, 0.3) is 0 Å². The van der Waals surface area contributed by atoms with Gasteiger partial charge in [0.1, 0.15) is 5.75 Å². The summed E-state index contributed by atoms with van der Waals surface area (Å²) in [5, 5.41) is 9.00. The number of carbonyl (C=O) groups excluding carboxylic acids is 1. The van der Waals surface area contributed by atoms with E-state index in [9.17, 15) is 13.6 Å². The average Bonchev–Trinajstić information content (AvgIpc) is 2.70. The first-order chi connectivity index (χ1) is 13.9. The van der Waals surface area contributed by atoms with Crippen molar-refractivity contribution < 1.29 is 18.3 Å². The second kappa shape index (κ2) is 11.0. The smallest absolute Gasteiger partial charge is 0.387 e. The highest BCUT2D eigenvalue weighted by Crippen LogP contribution is 2.22. The van der Waals surface area contributed by atoms with Crippen molar-refractivity contribution in [1.82, 2.24) is 16.0 Å². The molecule has 0 atom stereocenters. The first kappa shape index (κ1) is 22.1. The van der Waals surface area contributed by atoms with Crippen LogP contribution in [0.3, 0.4) is 0 Å². The van der Waals surface area contributed by atoms with E-state index in [1.807, 2.05) is 26.0 Å². The Bertz CT molecular complexity index is 856. The molecule has 0 spiro atoms. The zero-order valence-corrected chi connectivity index (χ0v) is 16.8. The molecule has 0 unspecified atom stereocenters. The second-order valence-electron chi connectivity index (χ2n) is 6.33. The molecular formula is C21H26F2N4O2. The number of halogens is 2. The SMILES string of the molecule is CCNC(=O)c1cccc(CNC(=NC)NCc2cc(C)ccc2OC(F)F)c1. The fourth-order valence-corrected chi connectivity index (χ4v) is 2.73. The van der Waals surface area contributed by atoms with Crippen LogP contribution < -0.4 is 20.7 Å². The van der Waals surface area contributed by atoms with Gasteiger partial charge in [0, 0.05) is 37.8 Å². The summed E-state index contributed by atoms with van der Waals surface area (Å²) in [6.07, 6.45) is 0. The monoisotopic (exact) mass is 404 g/mol. The Morgan fingerprint density at radius 3 is 2.55 bits per heavy atom. The number of aliphatic imine (C=N–C) groups is 1. The van der Waals surface area contributed by atoms with Gasteiger partial charge in [0.25, 0.3) is 5.91 Å². The number of guanidine groups is 1. The molecule has 0 bridgehead atoms. The molecular weight excluding hydrogens is 378 g/mol. The number of alkyl halides is 2. The van der Waals surface area contributed by atoms with Crippen LogP contribution in [0.1, 0.15) is 34.0 Å². The van der Waals surface area contributed by atoms with E-state index in [1.54, 1.807) is 31.3 Å². The highest BCUT2D eigenvalue weighted by atomic mass is 19.3. The fourth-order valence-electron chi connectivity index (χ4n) is 2.73. The van der Waals surface area contributed by atoms with Crippen LogP contribution in [-0.4, -0.2) is 32.1 Å². The second-order valence-corrected chi connectivity index (χ2v) is 6.33. The zero-order chi connectivity index (χ0) is 21.2. The predicted octanol–water partition coefficient (Wildman–Crippen LogP) is 3.21. The van der Waals surface area contributed by atoms with Crippen LogP contribution in [0.15, 0.2) is 47.5 Å². The number of amides is 1. The quantitative estimate of drug-likeness (QED) is 0.467. The summed E-state index contributed by atoms with van der Waals surface area (Å²) < 4.78 is 29.8.